The lowest BCUT2D eigenvalue weighted by Gasteiger charge is -2.16. The zero-order valence-electron chi connectivity index (χ0n) is 7.00. The molecule has 0 saturated heterocycles. The van der Waals surface area contributed by atoms with Crippen molar-refractivity contribution >= 4 is 5.97 Å². The van der Waals surface area contributed by atoms with E-state index < -0.39 is 5.60 Å². The van der Waals surface area contributed by atoms with Crippen LogP contribution in [0.2, 0.25) is 0 Å². The summed E-state index contributed by atoms with van der Waals surface area (Å²) >= 11 is 0. The summed E-state index contributed by atoms with van der Waals surface area (Å²) in [6.07, 6.45) is 3.28. The second-order valence-electron chi connectivity index (χ2n) is 3.32. The van der Waals surface area contributed by atoms with Crippen molar-refractivity contribution in [3.63, 3.8) is 0 Å². The fourth-order valence-electron chi connectivity index (χ4n) is 1.39. The van der Waals surface area contributed by atoms with Crippen LogP contribution in [0.4, 0.5) is 0 Å². The Hall–Kier alpha value is -1.38. The molecule has 3 nitrogen and oxygen atoms in total. The Morgan fingerprint density at radius 1 is 1.50 bits per heavy atom. The minimum absolute atomic E-state index is 0.252. The summed E-state index contributed by atoms with van der Waals surface area (Å²) in [5.74, 6) is -0.252. The lowest BCUT2D eigenvalue weighted by atomic mass is 9.99. The molecule has 0 radical (unpaired) electrons. The Bertz CT molecular complexity index is 344. The van der Waals surface area contributed by atoms with Crippen molar-refractivity contribution in [1.29, 1.82) is 0 Å². The molecule has 1 aromatic rings. The summed E-state index contributed by atoms with van der Waals surface area (Å²) in [4.78, 5) is 15.2. The maximum absolute atomic E-state index is 11.2. The molecule has 0 atom stereocenters. The zero-order valence-corrected chi connectivity index (χ0v) is 7.00. The van der Waals surface area contributed by atoms with Gasteiger partial charge in [-0.3, -0.25) is 4.98 Å². The van der Waals surface area contributed by atoms with Crippen LogP contribution in [0.3, 0.4) is 0 Å². The van der Waals surface area contributed by atoms with Gasteiger partial charge in [0.2, 0.25) is 0 Å². The molecule has 0 bridgehead atoms. The number of carbonyl (C=O) groups is 1. The second kappa shape index (κ2) is 2.06. The molecule has 3 heteroatoms. The van der Waals surface area contributed by atoms with Gasteiger partial charge >= 0.3 is 5.97 Å². The highest BCUT2D eigenvalue weighted by atomic mass is 16.6. The third-order valence-electron chi connectivity index (χ3n) is 2.04. The van der Waals surface area contributed by atoms with Crippen LogP contribution in [0.1, 0.15) is 29.8 Å². The number of ether oxygens (including phenoxy) is 1. The van der Waals surface area contributed by atoms with E-state index in [-0.39, 0.29) is 5.97 Å². The number of rotatable bonds is 0. The highest BCUT2D eigenvalue weighted by Crippen LogP contribution is 2.34. The Morgan fingerprint density at radius 2 is 2.25 bits per heavy atom. The van der Waals surface area contributed by atoms with Gasteiger partial charge in [0.1, 0.15) is 5.60 Å². The van der Waals surface area contributed by atoms with E-state index in [0.29, 0.717) is 5.56 Å². The minimum Gasteiger partial charge on any atom is -0.451 e. The maximum atomic E-state index is 11.2. The van der Waals surface area contributed by atoms with Crippen molar-refractivity contribution in [3.8, 4) is 0 Å². The van der Waals surface area contributed by atoms with E-state index in [4.69, 9.17) is 4.74 Å². The lowest BCUT2D eigenvalue weighted by Crippen LogP contribution is -2.16. The Morgan fingerprint density at radius 3 is 2.92 bits per heavy atom. The van der Waals surface area contributed by atoms with Gasteiger partial charge < -0.3 is 4.74 Å². The van der Waals surface area contributed by atoms with Crippen molar-refractivity contribution in [1.82, 2.24) is 4.98 Å². The molecule has 0 N–H and O–H groups in total. The molecule has 0 aromatic carbocycles. The molecule has 0 amide bonds. The third-order valence-corrected chi connectivity index (χ3v) is 2.04. The first kappa shape index (κ1) is 7.28. The quantitative estimate of drug-likeness (QED) is 0.544. The van der Waals surface area contributed by atoms with Gasteiger partial charge in [-0.1, -0.05) is 0 Å². The summed E-state index contributed by atoms with van der Waals surface area (Å²) < 4.78 is 5.14. The summed E-state index contributed by atoms with van der Waals surface area (Å²) in [6.45, 7) is 3.72. The first-order valence-electron chi connectivity index (χ1n) is 3.79. The van der Waals surface area contributed by atoms with Crippen LogP contribution in [0, 0.1) is 0 Å². The third kappa shape index (κ3) is 0.826. The Kier molecular flexibility index (Phi) is 1.25. The molecule has 2 heterocycles. The van der Waals surface area contributed by atoms with Gasteiger partial charge in [0, 0.05) is 18.0 Å². The molecular weight excluding hydrogens is 154 g/mol. The SMILES string of the molecule is CC1(C)OC(=O)c2ccncc21. The highest BCUT2D eigenvalue weighted by Gasteiger charge is 2.37. The average molecular weight is 163 g/mol. The minimum atomic E-state index is -0.513. The van der Waals surface area contributed by atoms with Crippen LogP contribution in [-0.4, -0.2) is 11.0 Å². The van der Waals surface area contributed by atoms with Gasteiger partial charge in [0.15, 0.2) is 0 Å². The molecule has 2 rings (SSSR count). The van der Waals surface area contributed by atoms with Crippen LogP contribution in [-0.2, 0) is 10.3 Å². The van der Waals surface area contributed by atoms with Gasteiger partial charge in [-0.05, 0) is 19.9 Å². The van der Waals surface area contributed by atoms with Crippen molar-refractivity contribution < 1.29 is 9.53 Å². The number of carbonyl (C=O) groups excluding carboxylic acids is 1. The first-order chi connectivity index (χ1) is 5.61. The van der Waals surface area contributed by atoms with Crippen LogP contribution in [0.25, 0.3) is 0 Å². The van der Waals surface area contributed by atoms with Gasteiger partial charge in [-0.25, -0.2) is 4.79 Å². The fraction of sp³-hybridized carbons (Fsp3) is 0.333. The van der Waals surface area contributed by atoms with Gasteiger partial charge in [-0.2, -0.15) is 0 Å². The van der Waals surface area contributed by atoms with Gasteiger partial charge in [0.25, 0.3) is 0 Å². The van der Waals surface area contributed by atoms with E-state index in [1.807, 2.05) is 13.8 Å². The number of hydrogen-bond donors (Lipinski definition) is 0. The summed E-state index contributed by atoms with van der Waals surface area (Å²) in [7, 11) is 0. The normalized spacial score (nSPS) is 18.7. The van der Waals surface area contributed by atoms with Crippen molar-refractivity contribution in [2.45, 2.75) is 19.4 Å². The number of esters is 1. The number of aromatic nitrogens is 1. The molecular formula is C9H9NO2. The smallest absolute Gasteiger partial charge is 0.339 e. The Balaban J connectivity index is 2.66. The lowest BCUT2D eigenvalue weighted by molar-refractivity contribution is 0.00948. The topological polar surface area (TPSA) is 39.2 Å². The second-order valence-corrected chi connectivity index (χ2v) is 3.32. The van der Waals surface area contributed by atoms with Crippen LogP contribution in [0.15, 0.2) is 18.5 Å². The van der Waals surface area contributed by atoms with E-state index in [0.717, 1.165) is 5.56 Å². The molecule has 1 aliphatic heterocycles. The largest absolute Gasteiger partial charge is 0.451 e. The number of fused-ring (bicyclic) bond motifs is 1. The maximum Gasteiger partial charge on any atom is 0.339 e. The number of cyclic esters (lactones) is 1. The highest BCUT2D eigenvalue weighted by molar-refractivity contribution is 5.94. The monoisotopic (exact) mass is 163 g/mol. The van der Waals surface area contributed by atoms with E-state index in [1.54, 1.807) is 18.5 Å². The summed E-state index contributed by atoms with van der Waals surface area (Å²) in [5.41, 5.74) is 0.991. The zero-order chi connectivity index (χ0) is 8.77. The molecule has 0 aliphatic carbocycles. The molecule has 12 heavy (non-hydrogen) atoms. The molecule has 62 valence electrons. The summed E-state index contributed by atoms with van der Waals surface area (Å²) in [6, 6.07) is 1.69. The van der Waals surface area contributed by atoms with Crippen LogP contribution in [0.5, 0.6) is 0 Å². The number of hydrogen-bond acceptors (Lipinski definition) is 3. The standard InChI is InChI=1S/C9H9NO2/c1-9(2)7-5-10-4-3-6(7)8(11)12-9/h3-5H,1-2H3. The predicted molar refractivity (Wildman–Crippen MR) is 42.7 cm³/mol. The molecule has 0 unspecified atom stereocenters. The van der Waals surface area contributed by atoms with Gasteiger partial charge in [0.05, 0.1) is 5.56 Å². The molecule has 1 aliphatic rings. The molecule has 0 fully saturated rings. The van der Waals surface area contributed by atoms with Crippen LogP contribution >= 0.6 is 0 Å². The molecule has 0 spiro atoms. The number of pyridine rings is 1. The van der Waals surface area contributed by atoms with Crippen molar-refractivity contribution in [2.75, 3.05) is 0 Å². The fourth-order valence-corrected chi connectivity index (χ4v) is 1.39. The summed E-state index contributed by atoms with van der Waals surface area (Å²) in [5, 5.41) is 0. The molecule has 1 aromatic heterocycles. The molecule has 0 saturated carbocycles. The van der Waals surface area contributed by atoms with E-state index >= 15 is 0 Å². The predicted octanol–water partition coefficient (Wildman–Crippen LogP) is 1.49. The average Bonchev–Trinajstić information content (AvgIpc) is 2.25. The van der Waals surface area contributed by atoms with Crippen LogP contribution < -0.4 is 0 Å². The van der Waals surface area contributed by atoms with Gasteiger partial charge in [-0.15, -0.1) is 0 Å². The van der Waals surface area contributed by atoms with E-state index in [9.17, 15) is 4.79 Å². The van der Waals surface area contributed by atoms with Crippen molar-refractivity contribution in [3.05, 3.63) is 29.6 Å². The van der Waals surface area contributed by atoms with Crippen molar-refractivity contribution in [2.24, 2.45) is 0 Å². The van der Waals surface area contributed by atoms with E-state index in [2.05, 4.69) is 4.98 Å². The number of nitrogens with zero attached hydrogens (tertiary/aromatic N) is 1. The van der Waals surface area contributed by atoms with E-state index in [1.165, 1.54) is 0 Å². The Labute approximate surface area is 70.4 Å². The first-order valence-corrected chi connectivity index (χ1v) is 3.79.